The molecule has 0 aromatic heterocycles. The highest BCUT2D eigenvalue weighted by molar-refractivity contribution is 5.88. The maximum Gasteiger partial charge on any atom is 0.512 e. The highest BCUT2D eigenvalue weighted by atomic mass is 19.4. The van der Waals surface area contributed by atoms with E-state index in [0.29, 0.717) is 5.56 Å². The van der Waals surface area contributed by atoms with Gasteiger partial charge in [0.2, 0.25) is 0 Å². The first-order valence-corrected chi connectivity index (χ1v) is 6.36. The summed E-state index contributed by atoms with van der Waals surface area (Å²) in [6.07, 6.45) is -4.95. The summed E-state index contributed by atoms with van der Waals surface area (Å²) in [5.74, 6) is 0. The van der Waals surface area contributed by atoms with E-state index in [9.17, 15) is 18.0 Å². The van der Waals surface area contributed by atoms with Crippen molar-refractivity contribution in [2.45, 2.75) is 12.9 Å². The first-order chi connectivity index (χ1) is 10.5. The molecular weight excluding hydrogens is 297 g/mol. The zero-order valence-electron chi connectivity index (χ0n) is 11.4. The van der Waals surface area contributed by atoms with Crippen molar-refractivity contribution in [3.8, 4) is 0 Å². The van der Waals surface area contributed by atoms with Gasteiger partial charge in [0, 0.05) is 5.69 Å². The molecule has 4 nitrogen and oxygen atoms in total. The Labute approximate surface area is 125 Å². The van der Waals surface area contributed by atoms with Gasteiger partial charge in [-0.25, -0.2) is 4.79 Å². The number of para-hydroxylation sites is 1. The number of hydroxylamine groups is 2. The third kappa shape index (κ3) is 4.49. The van der Waals surface area contributed by atoms with E-state index in [4.69, 9.17) is 0 Å². The Balaban J connectivity index is 2.04. The van der Waals surface area contributed by atoms with Crippen LogP contribution >= 0.6 is 0 Å². The monoisotopic (exact) mass is 310 g/mol. The Morgan fingerprint density at radius 2 is 1.55 bits per heavy atom. The van der Waals surface area contributed by atoms with Gasteiger partial charge in [0.25, 0.3) is 0 Å². The highest BCUT2D eigenvalue weighted by Crippen LogP contribution is 2.23. The fraction of sp³-hybridized carbons (Fsp3) is 0.133. The molecule has 1 N–H and O–H groups in total. The smallest absolute Gasteiger partial charge is 0.306 e. The van der Waals surface area contributed by atoms with Crippen LogP contribution in [0.15, 0.2) is 60.7 Å². The van der Waals surface area contributed by atoms with Crippen LogP contribution in [0.5, 0.6) is 0 Å². The maximum atomic E-state index is 12.9. The number of carbonyl (C=O) groups excluding carboxylic acids is 1. The summed E-state index contributed by atoms with van der Waals surface area (Å²) in [5.41, 5.74) is 0.759. The molecule has 0 radical (unpaired) electrons. The maximum absolute atomic E-state index is 12.9. The predicted octanol–water partition coefficient (Wildman–Crippen LogP) is 4.17. The molecule has 0 aliphatic carbocycles. The molecule has 0 aliphatic rings. The minimum atomic E-state index is -4.95. The van der Waals surface area contributed by atoms with E-state index in [1.165, 1.54) is 12.1 Å². The summed E-state index contributed by atoms with van der Waals surface area (Å²) in [6, 6.07) is 14.7. The zero-order valence-corrected chi connectivity index (χ0v) is 11.4. The molecule has 116 valence electrons. The molecule has 2 aromatic rings. The normalized spacial score (nSPS) is 11.0. The molecule has 0 atom stereocenters. The summed E-state index contributed by atoms with van der Waals surface area (Å²) in [6.45, 7) is -0.372. The van der Waals surface area contributed by atoms with Crippen molar-refractivity contribution in [2.24, 2.45) is 0 Å². The Morgan fingerprint density at radius 1 is 1.00 bits per heavy atom. The number of hydrogen-bond donors (Lipinski definition) is 1. The van der Waals surface area contributed by atoms with E-state index in [0.717, 1.165) is 0 Å². The Morgan fingerprint density at radius 3 is 2.09 bits per heavy atom. The van der Waals surface area contributed by atoms with Crippen molar-refractivity contribution in [3.63, 3.8) is 0 Å². The van der Waals surface area contributed by atoms with Crippen LogP contribution in [0.4, 0.5) is 23.7 Å². The second-order valence-corrected chi connectivity index (χ2v) is 4.32. The lowest BCUT2D eigenvalue weighted by Crippen LogP contribution is -2.45. The van der Waals surface area contributed by atoms with E-state index in [1.54, 1.807) is 48.5 Å². The number of nitrogens with one attached hydrogen (secondary N) is 1. The van der Waals surface area contributed by atoms with Gasteiger partial charge in [-0.1, -0.05) is 48.5 Å². The van der Waals surface area contributed by atoms with Gasteiger partial charge in [0.1, 0.15) is 6.61 Å². The van der Waals surface area contributed by atoms with Crippen molar-refractivity contribution in [1.82, 2.24) is 5.06 Å². The van der Waals surface area contributed by atoms with Crippen LogP contribution in [0.1, 0.15) is 5.56 Å². The van der Waals surface area contributed by atoms with Crippen LogP contribution in [0.3, 0.4) is 0 Å². The lowest BCUT2D eigenvalue weighted by atomic mass is 10.2. The van der Waals surface area contributed by atoms with Crippen LogP contribution in [0.25, 0.3) is 0 Å². The molecule has 0 heterocycles. The number of benzene rings is 2. The van der Waals surface area contributed by atoms with Gasteiger partial charge in [-0.3, -0.25) is 4.84 Å². The van der Waals surface area contributed by atoms with Crippen molar-refractivity contribution in [3.05, 3.63) is 66.2 Å². The summed E-state index contributed by atoms with van der Waals surface area (Å²) in [5, 5.41) is 1.51. The van der Waals surface area contributed by atoms with E-state index in [1.807, 2.05) is 0 Å². The number of rotatable bonds is 4. The summed E-state index contributed by atoms with van der Waals surface area (Å²) < 4.78 is 38.7. The first kappa shape index (κ1) is 15.8. The van der Waals surface area contributed by atoms with E-state index in [-0.39, 0.29) is 12.3 Å². The lowest BCUT2D eigenvalue weighted by Gasteiger charge is -2.24. The second-order valence-electron chi connectivity index (χ2n) is 4.32. The predicted molar refractivity (Wildman–Crippen MR) is 74.6 cm³/mol. The van der Waals surface area contributed by atoms with Crippen LogP contribution in [0, 0.1) is 0 Å². The van der Waals surface area contributed by atoms with Crippen LogP contribution in [-0.2, 0) is 11.4 Å². The topological polar surface area (TPSA) is 41.6 Å². The van der Waals surface area contributed by atoms with Crippen LogP contribution in [0.2, 0.25) is 0 Å². The Kier molecular flexibility index (Phi) is 5.00. The van der Waals surface area contributed by atoms with Crippen LogP contribution < -0.4 is 5.32 Å². The van der Waals surface area contributed by atoms with Crippen molar-refractivity contribution in [2.75, 3.05) is 5.32 Å². The number of urea groups is 1. The molecule has 22 heavy (non-hydrogen) atoms. The number of anilines is 1. The SMILES string of the molecule is O=C(Nc1ccccc1)N(OCc1ccccc1)C(F)(F)F. The molecule has 0 saturated carbocycles. The minimum Gasteiger partial charge on any atom is -0.306 e. The molecule has 0 aliphatic heterocycles. The standard InChI is InChI=1S/C15H13F3N2O2/c16-15(17,18)20(22-11-12-7-3-1-4-8-12)14(21)19-13-9-5-2-6-10-13/h1-10H,11H2,(H,19,21). The highest BCUT2D eigenvalue weighted by Gasteiger charge is 2.43. The summed E-state index contributed by atoms with van der Waals surface area (Å²) in [4.78, 5) is 16.4. The van der Waals surface area contributed by atoms with Crippen molar-refractivity contribution >= 4 is 11.7 Å². The number of alkyl halides is 3. The molecule has 2 aromatic carbocycles. The molecule has 0 spiro atoms. The molecule has 2 rings (SSSR count). The van der Waals surface area contributed by atoms with Gasteiger partial charge in [0.15, 0.2) is 0 Å². The van der Waals surface area contributed by atoms with Gasteiger partial charge in [-0.15, -0.1) is 18.2 Å². The molecule has 0 bridgehead atoms. The minimum absolute atomic E-state index is 0.241. The number of halogens is 3. The first-order valence-electron chi connectivity index (χ1n) is 6.36. The van der Waals surface area contributed by atoms with Gasteiger partial charge < -0.3 is 5.32 Å². The average molecular weight is 310 g/mol. The zero-order chi connectivity index (χ0) is 16.0. The van der Waals surface area contributed by atoms with Gasteiger partial charge in [-0.05, 0) is 17.7 Å². The average Bonchev–Trinajstić information content (AvgIpc) is 2.48. The lowest BCUT2D eigenvalue weighted by molar-refractivity contribution is -0.343. The Bertz CT molecular complexity index is 603. The number of carbonyl (C=O) groups is 1. The fourth-order valence-electron chi connectivity index (χ4n) is 1.66. The molecule has 7 heteroatoms. The third-order valence-electron chi connectivity index (χ3n) is 2.64. The number of nitrogens with zero attached hydrogens (tertiary/aromatic N) is 1. The van der Waals surface area contributed by atoms with Crippen molar-refractivity contribution in [1.29, 1.82) is 0 Å². The fourth-order valence-corrected chi connectivity index (χ4v) is 1.66. The van der Waals surface area contributed by atoms with Gasteiger partial charge >= 0.3 is 12.3 Å². The number of amides is 2. The van der Waals surface area contributed by atoms with Gasteiger partial charge in [0.05, 0.1) is 0 Å². The largest absolute Gasteiger partial charge is 0.512 e. The summed E-state index contributed by atoms with van der Waals surface area (Å²) in [7, 11) is 0. The molecule has 0 saturated heterocycles. The second kappa shape index (κ2) is 6.95. The number of hydrogen-bond acceptors (Lipinski definition) is 2. The third-order valence-corrected chi connectivity index (χ3v) is 2.64. The molecule has 0 fully saturated rings. The molecular formula is C15H13F3N2O2. The van der Waals surface area contributed by atoms with E-state index >= 15 is 0 Å². The van der Waals surface area contributed by atoms with Crippen LogP contribution in [-0.4, -0.2) is 17.4 Å². The Hall–Kier alpha value is -2.54. The molecule has 0 unspecified atom stereocenters. The van der Waals surface area contributed by atoms with E-state index < -0.39 is 17.4 Å². The summed E-state index contributed by atoms with van der Waals surface area (Å²) >= 11 is 0. The van der Waals surface area contributed by atoms with Crippen molar-refractivity contribution < 1.29 is 22.8 Å². The quantitative estimate of drug-likeness (QED) is 0.680. The van der Waals surface area contributed by atoms with Gasteiger partial charge in [-0.2, -0.15) is 0 Å². The van der Waals surface area contributed by atoms with E-state index in [2.05, 4.69) is 10.2 Å². The molecule has 2 amide bonds.